The van der Waals surface area contributed by atoms with E-state index in [0.29, 0.717) is 6.04 Å². The number of hydrogen-bond donors (Lipinski definition) is 1. The Bertz CT molecular complexity index is 533. The summed E-state index contributed by atoms with van der Waals surface area (Å²) in [7, 11) is 1.73. The summed E-state index contributed by atoms with van der Waals surface area (Å²) in [5.74, 6) is 0.963. The monoisotopic (exact) mass is 228 g/mol. The van der Waals surface area contributed by atoms with Crippen LogP contribution in [0.2, 0.25) is 0 Å². The second-order valence-corrected chi connectivity index (χ2v) is 4.40. The first-order chi connectivity index (χ1) is 8.40. The second kappa shape index (κ2) is 4.34. The number of benzene rings is 1. The summed E-state index contributed by atoms with van der Waals surface area (Å²) < 4.78 is 5.50. The maximum Gasteiger partial charge on any atom is 0.124 e. The van der Waals surface area contributed by atoms with E-state index >= 15 is 0 Å². The van der Waals surface area contributed by atoms with Gasteiger partial charge < -0.3 is 10.1 Å². The Labute approximate surface area is 101 Å². The molecule has 3 nitrogen and oxygen atoms in total. The first-order valence-corrected chi connectivity index (χ1v) is 6.05. The van der Waals surface area contributed by atoms with Gasteiger partial charge in [-0.2, -0.15) is 0 Å². The van der Waals surface area contributed by atoms with Crippen LogP contribution in [0.15, 0.2) is 30.5 Å². The van der Waals surface area contributed by atoms with E-state index in [1.54, 1.807) is 7.11 Å². The van der Waals surface area contributed by atoms with Gasteiger partial charge in [0.25, 0.3) is 0 Å². The highest BCUT2D eigenvalue weighted by Gasteiger charge is 2.22. The minimum atomic E-state index is 0.401. The minimum absolute atomic E-state index is 0.401. The Morgan fingerprint density at radius 3 is 3.06 bits per heavy atom. The minimum Gasteiger partial charge on any atom is -0.496 e. The maximum absolute atomic E-state index is 5.50. The van der Waals surface area contributed by atoms with Gasteiger partial charge in [0.2, 0.25) is 0 Å². The quantitative estimate of drug-likeness (QED) is 0.858. The van der Waals surface area contributed by atoms with Crippen LogP contribution < -0.4 is 10.1 Å². The van der Waals surface area contributed by atoms with Crippen LogP contribution in [0.3, 0.4) is 0 Å². The van der Waals surface area contributed by atoms with Gasteiger partial charge >= 0.3 is 0 Å². The Balaban J connectivity index is 2.23. The molecule has 3 heteroatoms. The van der Waals surface area contributed by atoms with Crippen LogP contribution in [-0.2, 0) is 0 Å². The molecule has 0 aliphatic carbocycles. The molecule has 3 rings (SSSR count). The molecule has 0 spiro atoms. The molecule has 2 heterocycles. The Morgan fingerprint density at radius 2 is 2.29 bits per heavy atom. The summed E-state index contributed by atoms with van der Waals surface area (Å²) in [5, 5.41) is 4.73. The molecular weight excluding hydrogens is 212 g/mol. The highest BCUT2D eigenvalue weighted by atomic mass is 16.5. The fourth-order valence-corrected chi connectivity index (χ4v) is 2.62. The Hall–Kier alpha value is -1.61. The van der Waals surface area contributed by atoms with Crippen LogP contribution in [0, 0.1) is 0 Å². The average Bonchev–Trinajstić information content (AvgIpc) is 2.91. The van der Waals surface area contributed by atoms with Gasteiger partial charge in [0.05, 0.1) is 12.6 Å². The van der Waals surface area contributed by atoms with Gasteiger partial charge in [-0.05, 0) is 37.6 Å². The zero-order valence-corrected chi connectivity index (χ0v) is 9.94. The van der Waals surface area contributed by atoms with E-state index in [2.05, 4.69) is 16.4 Å². The maximum atomic E-state index is 5.50. The van der Waals surface area contributed by atoms with Crippen molar-refractivity contribution in [3.05, 3.63) is 36.0 Å². The van der Waals surface area contributed by atoms with Crippen molar-refractivity contribution in [2.45, 2.75) is 18.9 Å². The molecule has 88 valence electrons. The number of aromatic nitrogens is 1. The third kappa shape index (κ3) is 1.76. The molecule has 2 aromatic rings. The normalized spacial score (nSPS) is 19.7. The largest absolute Gasteiger partial charge is 0.496 e. The molecule has 0 amide bonds. The second-order valence-electron chi connectivity index (χ2n) is 4.40. The van der Waals surface area contributed by atoms with E-state index < -0.39 is 0 Å². The lowest BCUT2D eigenvalue weighted by molar-refractivity contribution is 0.404. The fourth-order valence-electron chi connectivity index (χ4n) is 2.62. The first kappa shape index (κ1) is 10.5. The molecule has 1 aromatic carbocycles. The van der Waals surface area contributed by atoms with Crippen LogP contribution in [0.5, 0.6) is 5.75 Å². The van der Waals surface area contributed by atoms with E-state index in [4.69, 9.17) is 4.74 Å². The summed E-state index contributed by atoms with van der Waals surface area (Å²) in [4.78, 5) is 4.41. The molecular formula is C14H16N2O. The number of methoxy groups -OCH3 is 1. The highest BCUT2D eigenvalue weighted by molar-refractivity contribution is 5.85. The van der Waals surface area contributed by atoms with Crippen LogP contribution in [0.4, 0.5) is 0 Å². The molecule has 1 atom stereocenters. The molecule has 0 radical (unpaired) electrons. The first-order valence-electron chi connectivity index (χ1n) is 6.05. The van der Waals surface area contributed by atoms with E-state index in [-0.39, 0.29) is 0 Å². The zero-order valence-electron chi connectivity index (χ0n) is 9.94. The summed E-state index contributed by atoms with van der Waals surface area (Å²) >= 11 is 0. The van der Waals surface area contributed by atoms with Crippen molar-refractivity contribution in [3.63, 3.8) is 0 Å². The van der Waals surface area contributed by atoms with E-state index in [0.717, 1.165) is 17.8 Å². The van der Waals surface area contributed by atoms with Gasteiger partial charge in [-0.3, -0.25) is 4.98 Å². The number of nitrogens with one attached hydrogen (secondary N) is 1. The van der Waals surface area contributed by atoms with Gasteiger partial charge in [0.1, 0.15) is 5.75 Å². The van der Waals surface area contributed by atoms with Crippen molar-refractivity contribution in [1.82, 2.24) is 10.3 Å². The fraction of sp³-hybridized carbons (Fsp3) is 0.357. The number of fused-ring (bicyclic) bond motifs is 1. The highest BCUT2D eigenvalue weighted by Crippen LogP contribution is 2.35. The van der Waals surface area contributed by atoms with E-state index in [1.807, 2.05) is 24.4 Å². The van der Waals surface area contributed by atoms with Crippen molar-refractivity contribution < 1.29 is 4.74 Å². The van der Waals surface area contributed by atoms with Crippen LogP contribution >= 0.6 is 0 Å². The summed E-state index contributed by atoms with van der Waals surface area (Å²) in [5.41, 5.74) is 2.30. The van der Waals surface area contributed by atoms with E-state index in [1.165, 1.54) is 23.8 Å². The van der Waals surface area contributed by atoms with Crippen LogP contribution in [-0.4, -0.2) is 18.6 Å². The van der Waals surface area contributed by atoms with Crippen molar-refractivity contribution in [1.29, 1.82) is 0 Å². The lowest BCUT2D eigenvalue weighted by Gasteiger charge is -2.17. The number of ether oxygens (including phenoxy) is 1. The number of pyridine rings is 1. The third-order valence-corrected chi connectivity index (χ3v) is 3.42. The molecule has 0 saturated carbocycles. The standard InChI is InChI=1S/C14H16N2O/c1-17-13-7-6-11-10(4-2-8-15-11)14(13)12-5-3-9-16-12/h2,4,6-8,12,16H,3,5,9H2,1H3. The third-order valence-electron chi connectivity index (χ3n) is 3.42. The van der Waals surface area contributed by atoms with Crippen molar-refractivity contribution >= 4 is 10.9 Å². The van der Waals surface area contributed by atoms with E-state index in [9.17, 15) is 0 Å². The van der Waals surface area contributed by atoms with Gasteiger partial charge in [0.15, 0.2) is 0 Å². The molecule has 17 heavy (non-hydrogen) atoms. The Morgan fingerprint density at radius 1 is 1.35 bits per heavy atom. The molecule has 0 bridgehead atoms. The zero-order chi connectivity index (χ0) is 11.7. The van der Waals surface area contributed by atoms with Gasteiger partial charge in [0, 0.05) is 23.2 Å². The summed E-state index contributed by atoms with van der Waals surface area (Å²) in [6.07, 6.45) is 4.23. The molecule has 1 aliphatic rings. The summed E-state index contributed by atoms with van der Waals surface area (Å²) in [6, 6.07) is 8.55. The van der Waals surface area contributed by atoms with Gasteiger partial charge in [-0.25, -0.2) is 0 Å². The van der Waals surface area contributed by atoms with Crippen molar-refractivity contribution in [3.8, 4) is 5.75 Å². The number of nitrogens with zero attached hydrogens (tertiary/aromatic N) is 1. The molecule has 1 saturated heterocycles. The SMILES string of the molecule is COc1ccc2ncccc2c1C1CCCN1. The smallest absolute Gasteiger partial charge is 0.124 e. The predicted octanol–water partition coefficient (Wildman–Crippen LogP) is 2.67. The Kier molecular flexibility index (Phi) is 2.69. The number of rotatable bonds is 2. The average molecular weight is 228 g/mol. The summed E-state index contributed by atoms with van der Waals surface area (Å²) in [6.45, 7) is 1.09. The lowest BCUT2D eigenvalue weighted by Crippen LogP contribution is -2.14. The molecule has 1 N–H and O–H groups in total. The topological polar surface area (TPSA) is 34.1 Å². The lowest BCUT2D eigenvalue weighted by atomic mass is 9.99. The van der Waals surface area contributed by atoms with Crippen LogP contribution in [0.1, 0.15) is 24.4 Å². The van der Waals surface area contributed by atoms with Gasteiger partial charge in [-0.1, -0.05) is 6.07 Å². The number of hydrogen-bond acceptors (Lipinski definition) is 3. The van der Waals surface area contributed by atoms with Gasteiger partial charge in [-0.15, -0.1) is 0 Å². The molecule has 1 aliphatic heterocycles. The van der Waals surface area contributed by atoms with Crippen molar-refractivity contribution in [2.24, 2.45) is 0 Å². The molecule has 1 aromatic heterocycles. The molecule has 1 unspecified atom stereocenters. The predicted molar refractivity (Wildman–Crippen MR) is 68.3 cm³/mol. The van der Waals surface area contributed by atoms with Crippen LogP contribution in [0.25, 0.3) is 10.9 Å². The van der Waals surface area contributed by atoms with Crippen molar-refractivity contribution in [2.75, 3.05) is 13.7 Å². The molecule has 1 fully saturated rings.